The lowest BCUT2D eigenvalue weighted by Crippen LogP contribution is -2.27. The van der Waals surface area contributed by atoms with E-state index in [1.807, 2.05) is 6.92 Å². The Kier molecular flexibility index (Phi) is 5.58. The molecule has 0 saturated carbocycles. The van der Waals surface area contributed by atoms with E-state index in [-0.39, 0.29) is 24.2 Å². The van der Waals surface area contributed by atoms with Gasteiger partial charge in [-0.3, -0.25) is 0 Å². The Morgan fingerprint density at radius 1 is 1.33 bits per heavy atom. The topological polar surface area (TPSA) is 38.7 Å². The van der Waals surface area contributed by atoms with Crippen LogP contribution in [0.3, 0.4) is 0 Å². The first-order chi connectivity index (χ1) is 7.20. The highest BCUT2D eigenvalue weighted by Gasteiger charge is 2.39. The Hall–Kier alpha value is -0.120. The number of aliphatic hydroxyl groups excluding tert-OH is 1. The van der Waals surface area contributed by atoms with Crippen LogP contribution in [0.4, 0.5) is 0 Å². The van der Waals surface area contributed by atoms with E-state index in [9.17, 15) is 5.11 Å². The summed E-state index contributed by atoms with van der Waals surface area (Å²) in [6.45, 7) is 7.69. The average molecular weight is 216 g/mol. The zero-order valence-electron chi connectivity index (χ0n) is 10.1. The van der Waals surface area contributed by atoms with Gasteiger partial charge in [0, 0.05) is 19.1 Å². The fraction of sp³-hybridized carbons (Fsp3) is 1.00. The van der Waals surface area contributed by atoms with Gasteiger partial charge < -0.3 is 14.6 Å². The van der Waals surface area contributed by atoms with Crippen molar-refractivity contribution in [1.82, 2.24) is 0 Å². The first-order valence-electron chi connectivity index (χ1n) is 6.12. The highest BCUT2D eigenvalue weighted by molar-refractivity contribution is 4.87. The third-order valence-electron chi connectivity index (χ3n) is 3.24. The molecule has 0 amide bonds. The lowest BCUT2D eigenvalue weighted by atomic mass is 9.91. The van der Waals surface area contributed by atoms with Gasteiger partial charge in [-0.25, -0.2) is 0 Å². The van der Waals surface area contributed by atoms with Crippen molar-refractivity contribution in [3.8, 4) is 0 Å². The number of aliphatic hydroxyl groups is 1. The maximum Gasteiger partial charge on any atom is 0.0854 e. The van der Waals surface area contributed by atoms with Crippen molar-refractivity contribution in [3.05, 3.63) is 0 Å². The standard InChI is InChI=1S/C12H24O3/c1-4-11-12(13)10(9(3)15-11)7-6-8-14-5-2/h9-13H,4-8H2,1-3H3/t9-,10?,11+,12?/m0/s1. The van der Waals surface area contributed by atoms with Gasteiger partial charge in [0.15, 0.2) is 0 Å². The van der Waals surface area contributed by atoms with Crippen LogP contribution in [-0.4, -0.2) is 36.6 Å². The normalized spacial score (nSPS) is 36.0. The summed E-state index contributed by atoms with van der Waals surface area (Å²) in [5, 5.41) is 10.0. The maximum absolute atomic E-state index is 10.0. The van der Waals surface area contributed by atoms with Crippen LogP contribution >= 0.6 is 0 Å². The predicted octanol–water partition coefficient (Wildman–Crippen LogP) is 1.98. The van der Waals surface area contributed by atoms with E-state index in [1.165, 1.54) is 0 Å². The molecule has 0 bridgehead atoms. The summed E-state index contributed by atoms with van der Waals surface area (Å²) in [6, 6.07) is 0. The van der Waals surface area contributed by atoms with E-state index in [1.54, 1.807) is 0 Å². The van der Waals surface area contributed by atoms with Crippen molar-refractivity contribution >= 4 is 0 Å². The summed E-state index contributed by atoms with van der Waals surface area (Å²) in [4.78, 5) is 0. The van der Waals surface area contributed by atoms with Crippen molar-refractivity contribution in [2.45, 2.75) is 58.3 Å². The van der Waals surface area contributed by atoms with Crippen molar-refractivity contribution in [2.75, 3.05) is 13.2 Å². The minimum absolute atomic E-state index is 0.0390. The quantitative estimate of drug-likeness (QED) is 0.690. The molecule has 1 aliphatic rings. The van der Waals surface area contributed by atoms with Crippen LogP contribution in [0.15, 0.2) is 0 Å². The van der Waals surface area contributed by atoms with Crippen LogP contribution in [0.25, 0.3) is 0 Å². The molecule has 0 aromatic rings. The Bertz CT molecular complexity index is 172. The lowest BCUT2D eigenvalue weighted by molar-refractivity contribution is 0.0144. The predicted molar refractivity (Wildman–Crippen MR) is 59.8 cm³/mol. The molecule has 0 radical (unpaired) electrons. The van der Waals surface area contributed by atoms with Gasteiger partial charge in [0.1, 0.15) is 0 Å². The minimum Gasteiger partial charge on any atom is -0.390 e. The average Bonchev–Trinajstić information content (AvgIpc) is 2.50. The highest BCUT2D eigenvalue weighted by atomic mass is 16.5. The Balaban J connectivity index is 2.28. The molecular weight excluding hydrogens is 192 g/mol. The summed E-state index contributed by atoms with van der Waals surface area (Å²) < 4.78 is 11.0. The second-order valence-electron chi connectivity index (χ2n) is 4.28. The summed E-state index contributed by atoms with van der Waals surface area (Å²) >= 11 is 0. The molecule has 3 nitrogen and oxygen atoms in total. The van der Waals surface area contributed by atoms with E-state index < -0.39 is 0 Å². The van der Waals surface area contributed by atoms with Crippen molar-refractivity contribution < 1.29 is 14.6 Å². The van der Waals surface area contributed by atoms with Gasteiger partial charge in [0.2, 0.25) is 0 Å². The molecular formula is C12H24O3. The van der Waals surface area contributed by atoms with Crippen molar-refractivity contribution in [2.24, 2.45) is 5.92 Å². The summed E-state index contributed by atoms with van der Waals surface area (Å²) in [5.41, 5.74) is 0. The number of ether oxygens (including phenoxy) is 2. The van der Waals surface area contributed by atoms with Crippen LogP contribution in [0.5, 0.6) is 0 Å². The molecule has 1 saturated heterocycles. The van der Waals surface area contributed by atoms with Gasteiger partial charge in [-0.15, -0.1) is 0 Å². The monoisotopic (exact) mass is 216 g/mol. The molecule has 3 heteroatoms. The molecule has 4 atom stereocenters. The first kappa shape index (κ1) is 12.9. The summed E-state index contributed by atoms with van der Waals surface area (Å²) in [6.07, 6.45) is 2.85. The molecule has 1 fully saturated rings. The second-order valence-corrected chi connectivity index (χ2v) is 4.28. The first-order valence-corrected chi connectivity index (χ1v) is 6.12. The molecule has 15 heavy (non-hydrogen) atoms. The lowest BCUT2D eigenvalue weighted by Gasteiger charge is -2.17. The Labute approximate surface area is 92.8 Å². The molecule has 1 aliphatic heterocycles. The van der Waals surface area contributed by atoms with Gasteiger partial charge >= 0.3 is 0 Å². The largest absolute Gasteiger partial charge is 0.390 e. The SMILES string of the molecule is CCOCCCC1C(O)[C@@H](CC)O[C@H]1C. The fourth-order valence-electron chi connectivity index (χ4n) is 2.32. The van der Waals surface area contributed by atoms with Crippen molar-refractivity contribution in [1.29, 1.82) is 0 Å². The smallest absolute Gasteiger partial charge is 0.0854 e. The van der Waals surface area contributed by atoms with Gasteiger partial charge in [0.25, 0.3) is 0 Å². The number of rotatable bonds is 6. The molecule has 0 aromatic carbocycles. The van der Waals surface area contributed by atoms with Gasteiger partial charge in [0.05, 0.1) is 18.3 Å². The molecule has 2 unspecified atom stereocenters. The minimum atomic E-state index is -0.286. The molecule has 0 spiro atoms. The van der Waals surface area contributed by atoms with Gasteiger partial charge in [-0.1, -0.05) is 6.92 Å². The maximum atomic E-state index is 10.0. The Morgan fingerprint density at radius 2 is 2.07 bits per heavy atom. The van der Waals surface area contributed by atoms with E-state index >= 15 is 0 Å². The fourth-order valence-corrected chi connectivity index (χ4v) is 2.32. The van der Waals surface area contributed by atoms with E-state index in [4.69, 9.17) is 9.47 Å². The zero-order valence-corrected chi connectivity index (χ0v) is 10.1. The molecule has 1 N–H and O–H groups in total. The second kappa shape index (κ2) is 6.46. The van der Waals surface area contributed by atoms with Crippen LogP contribution in [0.2, 0.25) is 0 Å². The van der Waals surface area contributed by atoms with E-state index in [0.717, 1.165) is 32.5 Å². The zero-order chi connectivity index (χ0) is 11.3. The molecule has 90 valence electrons. The summed E-state index contributed by atoms with van der Waals surface area (Å²) in [7, 11) is 0. The van der Waals surface area contributed by atoms with Crippen LogP contribution in [0, 0.1) is 5.92 Å². The molecule has 1 rings (SSSR count). The third-order valence-corrected chi connectivity index (χ3v) is 3.24. The van der Waals surface area contributed by atoms with Crippen molar-refractivity contribution in [3.63, 3.8) is 0 Å². The molecule has 0 aromatic heterocycles. The van der Waals surface area contributed by atoms with E-state index in [0.29, 0.717) is 0 Å². The van der Waals surface area contributed by atoms with Crippen LogP contribution in [-0.2, 0) is 9.47 Å². The van der Waals surface area contributed by atoms with Crippen LogP contribution < -0.4 is 0 Å². The highest BCUT2D eigenvalue weighted by Crippen LogP contribution is 2.31. The Morgan fingerprint density at radius 3 is 2.60 bits per heavy atom. The summed E-state index contributed by atoms with van der Waals surface area (Å²) in [5.74, 6) is 0.287. The third kappa shape index (κ3) is 3.44. The van der Waals surface area contributed by atoms with Gasteiger partial charge in [-0.2, -0.15) is 0 Å². The van der Waals surface area contributed by atoms with Gasteiger partial charge in [-0.05, 0) is 33.1 Å². The molecule has 1 heterocycles. The number of hydrogen-bond acceptors (Lipinski definition) is 3. The molecule has 0 aliphatic carbocycles. The van der Waals surface area contributed by atoms with Crippen LogP contribution in [0.1, 0.15) is 40.0 Å². The van der Waals surface area contributed by atoms with E-state index in [2.05, 4.69) is 13.8 Å². The number of hydrogen-bond donors (Lipinski definition) is 1.